The van der Waals surface area contributed by atoms with Crippen LogP contribution in [0.25, 0.3) is 10.6 Å². The van der Waals surface area contributed by atoms with Crippen LogP contribution in [0.15, 0.2) is 18.2 Å². The second kappa shape index (κ2) is 5.08. The van der Waals surface area contributed by atoms with Gasteiger partial charge in [-0.1, -0.05) is 35.9 Å². The monoisotopic (exact) mass is 271 g/mol. The maximum atomic E-state index is 13.7. The van der Waals surface area contributed by atoms with Gasteiger partial charge in [0.2, 0.25) is 0 Å². The van der Waals surface area contributed by atoms with Crippen LogP contribution in [0.3, 0.4) is 0 Å². The summed E-state index contributed by atoms with van der Waals surface area (Å²) in [5, 5.41) is 9.40. The van der Waals surface area contributed by atoms with Crippen molar-refractivity contribution in [3.05, 3.63) is 34.0 Å². The molecule has 2 aromatic rings. The average Bonchev–Trinajstić information content (AvgIpc) is 2.77. The Hall–Kier alpha value is -1.04. The van der Waals surface area contributed by atoms with Crippen molar-refractivity contribution < 1.29 is 4.39 Å². The third kappa shape index (κ3) is 2.46. The number of aromatic nitrogens is 2. The van der Waals surface area contributed by atoms with Gasteiger partial charge in [-0.2, -0.15) is 0 Å². The van der Waals surface area contributed by atoms with Crippen molar-refractivity contribution in [1.82, 2.24) is 10.2 Å². The van der Waals surface area contributed by atoms with Crippen LogP contribution in [0.5, 0.6) is 0 Å². The fraction of sp³-hybridized carbons (Fsp3) is 0.273. The minimum absolute atomic E-state index is 0.160. The van der Waals surface area contributed by atoms with E-state index in [4.69, 9.17) is 17.3 Å². The third-order valence-corrected chi connectivity index (χ3v) is 3.76. The normalized spacial score (nSPS) is 12.7. The summed E-state index contributed by atoms with van der Waals surface area (Å²) in [5.74, 6) is -0.398. The molecule has 1 atom stereocenters. The second-order valence-electron chi connectivity index (χ2n) is 3.56. The van der Waals surface area contributed by atoms with Gasteiger partial charge in [0, 0.05) is 0 Å². The first-order chi connectivity index (χ1) is 8.13. The van der Waals surface area contributed by atoms with Gasteiger partial charge in [0.25, 0.3) is 0 Å². The number of nitrogens with two attached hydrogens (primary N) is 1. The lowest BCUT2D eigenvalue weighted by atomic mass is 10.2. The van der Waals surface area contributed by atoms with Gasteiger partial charge in [-0.3, -0.25) is 0 Å². The van der Waals surface area contributed by atoms with E-state index in [0.29, 0.717) is 20.6 Å². The molecule has 90 valence electrons. The molecule has 2 rings (SSSR count). The van der Waals surface area contributed by atoms with Crippen LogP contribution in [0.1, 0.15) is 24.4 Å². The molecule has 0 amide bonds. The van der Waals surface area contributed by atoms with Crippen molar-refractivity contribution in [3.63, 3.8) is 0 Å². The fourth-order valence-corrected chi connectivity index (χ4v) is 2.66. The molecule has 1 aromatic carbocycles. The molecule has 0 aliphatic heterocycles. The number of nitrogens with zero attached hydrogens (tertiary/aromatic N) is 2. The zero-order valence-electron chi connectivity index (χ0n) is 9.15. The first-order valence-corrected chi connectivity index (χ1v) is 6.36. The van der Waals surface area contributed by atoms with Gasteiger partial charge in [0.05, 0.1) is 16.6 Å². The molecule has 17 heavy (non-hydrogen) atoms. The van der Waals surface area contributed by atoms with Crippen molar-refractivity contribution in [3.8, 4) is 10.6 Å². The number of halogens is 2. The Labute approximate surface area is 107 Å². The summed E-state index contributed by atoms with van der Waals surface area (Å²) >= 11 is 7.23. The van der Waals surface area contributed by atoms with Gasteiger partial charge in [-0.15, -0.1) is 10.2 Å². The van der Waals surface area contributed by atoms with E-state index in [9.17, 15) is 4.39 Å². The van der Waals surface area contributed by atoms with E-state index < -0.39 is 5.82 Å². The number of hydrogen-bond acceptors (Lipinski definition) is 4. The molecule has 1 aromatic heterocycles. The summed E-state index contributed by atoms with van der Waals surface area (Å²) in [7, 11) is 0. The van der Waals surface area contributed by atoms with E-state index in [1.54, 1.807) is 12.1 Å². The highest BCUT2D eigenvalue weighted by Gasteiger charge is 2.16. The van der Waals surface area contributed by atoms with Gasteiger partial charge in [-0.05, 0) is 18.6 Å². The number of rotatable bonds is 3. The zero-order chi connectivity index (χ0) is 12.4. The Balaban J connectivity index is 2.44. The van der Waals surface area contributed by atoms with E-state index in [1.165, 1.54) is 17.4 Å². The lowest BCUT2D eigenvalue weighted by Gasteiger charge is -2.02. The molecule has 2 N–H and O–H groups in total. The minimum Gasteiger partial charge on any atom is -0.322 e. The molecule has 0 radical (unpaired) electrons. The van der Waals surface area contributed by atoms with Crippen LogP contribution in [0.4, 0.5) is 4.39 Å². The van der Waals surface area contributed by atoms with Crippen LogP contribution in [0.2, 0.25) is 5.02 Å². The molecular weight excluding hydrogens is 261 g/mol. The van der Waals surface area contributed by atoms with Gasteiger partial charge in [-0.25, -0.2) is 4.39 Å². The Bertz CT molecular complexity index is 509. The maximum Gasteiger partial charge on any atom is 0.152 e. The molecule has 1 heterocycles. The second-order valence-corrected chi connectivity index (χ2v) is 4.97. The summed E-state index contributed by atoms with van der Waals surface area (Å²) in [6.45, 7) is 1.96. The first kappa shape index (κ1) is 12.4. The molecule has 3 nitrogen and oxygen atoms in total. The predicted octanol–water partition coefficient (Wildman–Crippen LogP) is 3.41. The molecule has 0 saturated carbocycles. The van der Waals surface area contributed by atoms with E-state index in [1.807, 2.05) is 6.92 Å². The topological polar surface area (TPSA) is 51.8 Å². The highest BCUT2D eigenvalue weighted by molar-refractivity contribution is 7.14. The first-order valence-electron chi connectivity index (χ1n) is 5.16. The maximum absolute atomic E-state index is 13.7. The molecular formula is C11H11ClFN3S. The van der Waals surface area contributed by atoms with E-state index >= 15 is 0 Å². The lowest BCUT2D eigenvalue weighted by Crippen LogP contribution is -2.07. The highest BCUT2D eigenvalue weighted by Crippen LogP contribution is 2.33. The summed E-state index contributed by atoms with van der Waals surface area (Å²) in [6.07, 6.45) is 0.764. The van der Waals surface area contributed by atoms with Crippen LogP contribution in [0, 0.1) is 5.82 Å². The highest BCUT2D eigenvalue weighted by atomic mass is 35.5. The summed E-state index contributed by atoms with van der Waals surface area (Å²) < 4.78 is 13.7. The molecule has 0 saturated heterocycles. The quantitative estimate of drug-likeness (QED) is 0.931. The molecule has 1 unspecified atom stereocenters. The molecule has 0 bridgehead atoms. The van der Waals surface area contributed by atoms with E-state index in [-0.39, 0.29) is 6.04 Å². The minimum atomic E-state index is -0.398. The van der Waals surface area contributed by atoms with E-state index in [2.05, 4.69) is 10.2 Å². The molecule has 6 heteroatoms. The average molecular weight is 272 g/mol. The number of benzene rings is 1. The van der Waals surface area contributed by atoms with Crippen LogP contribution >= 0.6 is 22.9 Å². The van der Waals surface area contributed by atoms with Crippen LogP contribution in [-0.2, 0) is 0 Å². The zero-order valence-corrected chi connectivity index (χ0v) is 10.7. The van der Waals surface area contributed by atoms with Crippen molar-refractivity contribution in [2.45, 2.75) is 19.4 Å². The van der Waals surface area contributed by atoms with Crippen molar-refractivity contribution >= 4 is 22.9 Å². The summed E-state index contributed by atoms with van der Waals surface area (Å²) in [6, 6.07) is 4.37. The molecule has 0 spiro atoms. The smallest absolute Gasteiger partial charge is 0.152 e. The predicted molar refractivity (Wildman–Crippen MR) is 67.5 cm³/mol. The van der Waals surface area contributed by atoms with Gasteiger partial charge < -0.3 is 5.73 Å². The van der Waals surface area contributed by atoms with Crippen LogP contribution in [-0.4, -0.2) is 10.2 Å². The lowest BCUT2D eigenvalue weighted by molar-refractivity contribution is 0.631. The number of hydrogen-bond donors (Lipinski definition) is 1. The van der Waals surface area contributed by atoms with Gasteiger partial charge >= 0.3 is 0 Å². The SMILES string of the molecule is CCC(N)c1nnc(-c2c(F)cccc2Cl)s1. The van der Waals surface area contributed by atoms with Crippen molar-refractivity contribution in [2.24, 2.45) is 5.73 Å². The Morgan fingerprint density at radius 1 is 1.47 bits per heavy atom. The third-order valence-electron chi connectivity index (χ3n) is 2.37. The Kier molecular flexibility index (Phi) is 3.71. The van der Waals surface area contributed by atoms with E-state index in [0.717, 1.165) is 6.42 Å². The summed E-state index contributed by atoms with van der Waals surface area (Å²) in [4.78, 5) is 0. The molecule has 0 fully saturated rings. The largest absolute Gasteiger partial charge is 0.322 e. The van der Waals surface area contributed by atoms with Crippen LogP contribution < -0.4 is 5.73 Å². The summed E-state index contributed by atoms with van der Waals surface area (Å²) in [5.41, 5.74) is 6.14. The molecule has 0 aliphatic rings. The molecule has 0 aliphatic carbocycles. The van der Waals surface area contributed by atoms with Gasteiger partial charge in [0.15, 0.2) is 5.01 Å². The fourth-order valence-electron chi connectivity index (χ4n) is 1.36. The standard InChI is InChI=1S/C11H11ClFN3S/c1-2-8(14)10-15-16-11(17-10)9-6(12)4-3-5-7(9)13/h3-5,8H,2,14H2,1H3. The van der Waals surface area contributed by atoms with Gasteiger partial charge in [0.1, 0.15) is 10.8 Å². The Morgan fingerprint density at radius 3 is 2.88 bits per heavy atom. The van der Waals surface area contributed by atoms with Crippen molar-refractivity contribution in [2.75, 3.05) is 0 Å². The Morgan fingerprint density at radius 2 is 2.24 bits per heavy atom. The van der Waals surface area contributed by atoms with Crippen molar-refractivity contribution in [1.29, 1.82) is 0 Å².